The Morgan fingerprint density at radius 3 is 1.06 bits per heavy atom. The first-order valence-electron chi connectivity index (χ1n) is 10.7. The maximum atomic E-state index is 6.66. The van der Waals surface area contributed by atoms with E-state index < -0.39 is 0 Å². The maximum absolute atomic E-state index is 6.66. The zero-order chi connectivity index (χ0) is 20.9. The first kappa shape index (κ1) is 19.1. The summed E-state index contributed by atoms with van der Waals surface area (Å²) in [5.74, 6) is 1.93. The number of furan rings is 1. The second-order valence-corrected chi connectivity index (χ2v) is 7.77. The standard InChI is InChI=1S/C30H24O/c1-5-13-23(14-6-1)21-27-28(22-24-15-7-2-8-16-24)30(26-19-11-4-12-20-26)31-29(27)25-17-9-3-10-18-25/h1-20H,21-22H2. The highest BCUT2D eigenvalue weighted by Gasteiger charge is 2.22. The van der Waals surface area contributed by atoms with Crippen LogP contribution in [-0.4, -0.2) is 0 Å². The fraction of sp³-hybridized carbons (Fsp3) is 0.0667. The first-order chi connectivity index (χ1) is 15.4. The summed E-state index contributed by atoms with van der Waals surface area (Å²) in [6.45, 7) is 0. The van der Waals surface area contributed by atoms with E-state index in [2.05, 4.69) is 109 Å². The number of benzene rings is 4. The summed E-state index contributed by atoms with van der Waals surface area (Å²) in [5.41, 5.74) is 7.33. The van der Waals surface area contributed by atoms with E-state index in [1.54, 1.807) is 0 Å². The lowest BCUT2D eigenvalue weighted by molar-refractivity contribution is 0.593. The third-order valence-corrected chi connectivity index (χ3v) is 5.64. The lowest BCUT2D eigenvalue weighted by atomic mass is 9.92. The highest BCUT2D eigenvalue weighted by atomic mass is 16.3. The third kappa shape index (κ3) is 4.22. The molecule has 0 unspecified atom stereocenters. The van der Waals surface area contributed by atoms with Crippen molar-refractivity contribution in [1.29, 1.82) is 0 Å². The zero-order valence-electron chi connectivity index (χ0n) is 17.4. The van der Waals surface area contributed by atoms with Gasteiger partial charge in [0.05, 0.1) is 0 Å². The van der Waals surface area contributed by atoms with Crippen LogP contribution >= 0.6 is 0 Å². The molecule has 0 radical (unpaired) electrons. The maximum Gasteiger partial charge on any atom is 0.138 e. The van der Waals surface area contributed by atoms with Crippen molar-refractivity contribution >= 4 is 0 Å². The number of rotatable bonds is 6. The van der Waals surface area contributed by atoms with E-state index in [9.17, 15) is 0 Å². The van der Waals surface area contributed by atoms with Gasteiger partial charge in [-0.25, -0.2) is 0 Å². The molecule has 0 saturated carbocycles. The van der Waals surface area contributed by atoms with Crippen molar-refractivity contribution in [3.63, 3.8) is 0 Å². The van der Waals surface area contributed by atoms with Crippen LogP contribution in [-0.2, 0) is 12.8 Å². The van der Waals surface area contributed by atoms with Gasteiger partial charge in [-0.15, -0.1) is 0 Å². The molecule has 0 saturated heterocycles. The van der Waals surface area contributed by atoms with Gasteiger partial charge < -0.3 is 4.42 Å². The fourth-order valence-corrected chi connectivity index (χ4v) is 4.12. The van der Waals surface area contributed by atoms with Crippen molar-refractivity contribution in [1.82, 2.24) is 0 Å². The Labute approximate surface area is 183 Å². The second kappa shape index (κ2) is 8.89. The van der Waals surface area contributed by atoms with Crippen molar-refractivity contribution in [2.45, 2.75) is 12.8 Å². The number of hydrogen-bond donors (Lipinski definition) is 0. The van der Waals surface area contributed by atoms with Crippen LogP contribution in [0.25, 0.3) is 22.6 Å². The summed E-state index contributed by atoms with van der Waals surface area (Å²) in [7, 11) is 0. The van der Waals surface area contributed by atoms with E-state index in [0.29, 0.717) is 0 Å². The molecule has 31 heavy (non-hydrogen) atoms. The van der Waals surface area contributed by atoms with Crippen LogP contribution < -0.4 is 0 Å². The summed E-state index contributed by atoms with van der Waals surface area (Å²) in [6.07, 6.45) is 1.67. The molecule has 0 amide bonds. The summed E-state index contributed by atoms with van der Waals surface area (Å²) < 4.78 is 6.66. The molecule has 1 aromatic heterocycles. The van der Waals surface area contributed by atoms with Gasteiger partial charge in [0.25, 0.3) is 0 Å². The molecule has 0 N–H and O–H groups in total. The molecule has 0 fully saturated rings. The van der Waals surface area contributed by atoms with Crippen LogP contribution in [0.2, 0.25) is 0 Å². The van der Waals surface area contributed by atoms with Gasteiger partial charge in [-0.1, -0.05) is 121 Å². The average Bonchev–Trinajstić information content (AvgIpc) is 3.19. The smallest absolute Gasteiger partial charge is 0.138 e. The van der Waals surface area contributed by atoms with Gasteiger partial charge in [0.1, 0.15) is 11.5 Å². The molecule has 1 heterocycles. The minimum Gasteiger partial charge on any atom is -0.455 e. The van der Waals surface area contributed by atoms with E-state index in [1.165, 1.54) is 22.3 Å². The SMILES string of the molecule is c1ccc(Cc2c(-c3ccccc3)oc(-c3ccccc3)c2Cc2ccccc2)cc1. The van der Waals surface area contributed by atoms with Gasteiger partial charge in [0.15, 0.2) is 0 Å². The van der Waals surface area contributed by atoms with Crippen LogP contribution in [0.15, 0.2) is 126 Å². The van der Waals surface area contributed by atoms with Gasteiger partial charge in [0, 0.05) is 35.1 Å². The van der Waals surface area contributed by atoms with Crippen LogP contribution in [0.4, 0.5) is 0 Å². The highest BCUT2D eigenvalue weighted by molar-refractivity contribution is 5.73. The molecule has 5 rings (SSSR count). The molecule has 0 bridgehead atoms. The predicted octanol–water partition coefficient (Wildman–Crippen LogP) is 7.80. The lowest BCUT2D eigenvalue weighted by Gasteiger charge is -2.09. The first-order valence-corrected chi connectivity index (χ1v) is 10.7. The summed E-state index contributed by atoms with van der Waals surface area (Å²) in [4.78, 5) is 0. The molecule has 4 aromatic carbocycles. The lowest BCUT2D eigenvalue weighted by Crippen LogP contribution is -1.97. The Morgan fingerprint density at radius 1 is 0.387 bits per heavy atom. The largest absolute Gasteiger partial charge is 0.455 e. The Bertz CT molecular complexity index is 1140. The van der Waals surface area contributed by atoms with Crippen LogP contribution in [0.5, 0.6) is 0 Å². The third-order valence-electron chi connectivity index (χ3n) is 5.64. The van der Waals surface area contributed by atoms with Crippen LogP contribution in [0, 0.1) is 0 Å². The average molecular weight is 401 g/mol. The van der Waals surface area contributed by atoms with E-state index >= 15 is 0 Å². The quantitative estimate of drug-likeness (QED) is 0.283. The molecule has 1 heteroatoms. The summed E-state index contributed by atoms with van der Waals surface area (Å²) in [6, 6.07) is 42.2. The minimum atomic E-state index is 0.837. The van der Waals surface area contributed by atoms with Gasteiger partial charge >= 0.3 is 0 Å². The van der Waals surface area contributed by atoms with E-state index in [4.69, 9.17) is 4.42 Å². The zero-order valence-corrected chi connectivity index (χ0v) is 17.4. The second-order valence-electron chi connectivity index (χ2n) is 7.77. The molecule has 0 aliphatic heterocycles. The molecule has 0 spiro atoms. The monoisotopic (exact) mass is 400 g/mol. The van der Waals surface area contributed by atoms with Crippen molar-refractivity contribution < 1.29 is 4.42 Å². The van der Waals surface area contributed by atoms with Gasteiger partial charge in [-0.2, -0.15) is 0 Å². The fourth-order valence-electron chi connectivity index (χ4n) is 4.12. The molecule has 0 aliphatic carbocycles. The van der Waals surface area contributed by atoms with Crippen molar-refractivity contribution in [3.8, 4) is 22.6 Å². The van der Waals surface area contributed by atoms with Crippen molar-refractivity contribution in [2.24, 2.45) is 0 Å². The molecular weight excluding hydrogens is 376 g/mol. The Balaban J connectivity index is 1.72. The molecule has 5 aromatic rings. The van der Waals surface area contributed by atoms with Gasteiger partial charge in [-0.05, 0) is 11.1 Å². The van der Waals surface area contributed by atoms with Crippen LogP contribution in [0.3, 0.4) is 0 Å². The summed E-state index contributed by atoms with van der Waals surface area (Å²) >= 11 is 0. The van der Waals surface area contributed by atoms with Crippen molar-refractivity contribution in [2.75, 3.05) is 0 Å². The molecular formula is C30H24O. The van der Waals surface area contributed by atoms with Crippen LogP contribution in [0.1, 0.15) is 22.3 Å². The van der Waals surface area contributed by atoms with Gasteiger partial charge in [0.2, 0.25) is 0 Å². The molecule has 1 nitrogen and oxygen atoms in total. The minimum absolute atomic E-state index is 0.837. The highest BCUT2D eigenvalue weighted by Crippen LogP contribution is 2.39. The molecule has 150 valence electrons. The molecule has 0 atom stereocenters. The summed E-state index contributed by atoms with van der Waals surface area (Å²) in [5, 5.41) is 0. The number of hydrogen-bond acceptors (Lipinski definition) is 1. The molecule has 0 aliphatic rings. The van der Waals surface area contributed by atoms with Gasteiger partial charge in [-0.3, -0.25) is 0 Å². The van der Waals surface area contributed by atoms with E-state index in [-0.39, 0.29) is 0 Å². The Hall–Kier alpha value is -3.84. The Kier molecular flexibility index (Phi) is 5.49. The predicted molar refractivity (Wildman–Crippen MR) is 128 cm³/mol. The topological polar surface area (TPSA) is 13.1 Å². The Morgan fingerprint density at radius 2 is 0.710 bits per heavy atom. The van der Waals surface area contributed by atoms with E-state index in [0.717, 1.165) is 35.5 Å². The van der Waals surface area contributed by atoms with E-state index in [1.807, 2.05) is 12.1 Å². The van der Waals surface area contributed by atoms with Crippen molar-refractivity contribution in [3.05, 3.63) is 144 Å². The normalized spacial score (nSPS) is 10.8.